The molecule has 1 aliphatic heterocycles. The number of nitrogens with two attached hydrogens (primary N) is 1. The lowest BCUT2D eigenvalue weighted by molar-refractivity contribution is -0.123. The summed E-state index contributed by atoms with van der Waals surface area (Å²) in [4.78, 5) is 35.5. The van der Waals surface area contributed by atoms with Crippen molar-refractivity contribution < 1.29 is 23.2 Å². The SMILES string of the molecule is NC(=O)c1cc(NC(=O)[C@H]2CC(=O)Nc3ccccc32)c(F)cc1F. The largest absolute Gasteiger partial charge is 0.366 e. The maximum Gasteiger partial charge on any atom is 0.251 e. The van der Waals surface area contributed by atoms with Crippen LogP contribution in [0.15, 0.2) is 36.4 Å². The van der Waals surface area contributed by atoms with Crippen molar-refractivity contribution in [1.82, 2.24) is 0 Å². The predicted molar refractivity (Wildman–Crippen MR) is 85.9 cm³/mol. The molecule has 128 valence electrons. The van der Waals surface area contributed by atoms with E-state index in [0.29, 0.717) is 17.3 Å². The van der Waals surface area contributed by atoms with Crippen molar-refractivity contribution in [3.63, 3.8) is 0 Å². The van der Waals surface area contributed by atoms with E-state index < -0.39 is 34.9 Å². The summed E-state index contributed by atoms with van der Waals surface area (Å²) in [5.41, 5.74) is 5.17. The molecule has 0 aromatic heterocycles. The number of anilines is 2. The van der Waals surface area contributed by atoms with E-state index in [1.54, 1.807) is 24.3 Å². The maximum absolute atomic E-state index is 13.9. The first-order chi connectivity index (χ1) is 11.9. The van der Waals surface area contributed by atoms with E-state index in [4.69, 9.17) is 5.73 Å². The van der Waals surface area contributed by atoms with Crippen LogP contribution in [0.2, 0.25) is 0 Å². The van der Waals surface area contributed by atoms with E-state index in [0.717, 1.165) is 6.07 Å². The molecule has 0 aliphatic carbocycles. The molecule has 0 saturated carbocycles. The summed E-state index contributed by atoms with van der Waals surface area (Å²) in [6.07, 6.45) is -0.117. The number of amides is 3. The third-order valence-corrected chi connectivity index (χ3v) is 3.90. The molecule has 0 saturated heterocycles. The first-order valence-electron chi connectivity index (χ1n) is 7.35. The van der Waals surface area contributed by atoms with Gasteiger partial charge in [0.15, 0.2) is 0 Å². The standard InChI is InChI=1S/C17H13F2N3O3/c18-11-7-12(19)14(5-10(11)16(20)24)22-17(25)9-6-15(23)21-13-4-2-1-3-8(9)13/h1-5,7,9H,6H2,(H2,20,24)(H,21,23)(H,22,25)/t9-/m0/s1. The first-order valence-corrected chi connectivity index (χ1v) is 7.35. The zero-order valence-electron chi connectivity index (χ0n) is 12.8. The number of carbonyl (C=O) groups is 3. The fraction of sp³-hybridized carbons (Fsp3) is 0.118. The molecule has 0 unspecified atom stereocenters. The number of para-hydroxylation sites is 1. The molecule has 2 aromatic rings. The number of primary amides is 1. The van der Waals surface area contributed by atoms with Crippen LogP contribution in [-0.2, 0) is 9.59 Å². The molecule has 25 heavy (non-hydrogen) atoms. The van der Waals surface area contributed by atoms with Crippen molar-refractivity contribution in [3.8, 4) is 0 Å². The Kier molecular flexibility index (Phi) is 4.18. The summed E-state index contributed by atoms with van der Waals surface area (Å²) in [5, 5.41) is 4.94. The van der Waals surface area contributed by atoms with Crippen molar-refractivity contribution in [3.05, 3.63) is 59.2 Å². The summed E-state index contributed by atoms with van der Waals surface area (Å²) >= 11 is 0. The number of rotatable bonds is 3. The van der Waals surface area contributed by atoms with Crippen molar-refractivity contribution in [2.75, 3.05) is 10.6 Å². The normalized spacial score (nSPS) is 15.9. The van der Waals surface area contributed by atoms with E-state index >= 15 is 0 Å². The van der Waals surface area contributed by atoms with E-state index in [1.807, 2.05) is 0 Å². The minimum atomic E-state index is -1.12. The quantitative estimate of drug-likeness (QED) is 0.794. The van der Waals surface area contributed by atoms with E-state index in [2.05, 4.69) is 10.6 Å². The summed E-state index contributed by atoms with van der Waals surface area (Å²) in [6.45, 7) is 0. The van der Waals surface area contributed by atoms with Crippen LogP contribution < -0.4 is 16.4 Å². The lowest BCUT2D eigenvalue weighted by Crippen LogP contribution is -2.31. The highest BCUT2D eigenvalue weighted by atomic mass is 19.1. The number of halogens is 2. The molecule has 0 fully saturated rings. The predicted octanol–water partition coefficient (Wildman–Crippen LogP) is 2.13. The Hall–Kier alpha value is -3.29. The van der Waals surface area contributed by atoms with E-state index in [-0.39, 0.29) is 18.0 Å². The monoisotopic (exact) mass is 345 g/mol. The highest BCUT2D eigenvalue weighted by Gasteiger charge is 2.31. The molecule has 1 heterocycles. The highest BCUT2D eigenvalue weighted by molar-refractivity contribution is 6.05. The second-order valence-corrected chi connectivity index (χ2v) is 5.56. The maximum atomic E-state index is 13.9. The number of benzene rings is 2. The zero-order chi connectivity index (χ0) is 18.1. The third-order valence-electron chi connectivity index (χ3n) is 3.90. The topological polar surface area (TPSA) is 101 Å². The second-order valence-electron chi connectivity index (χ2n) is 5.56. The molecule has 3 amide bonds. The van der Waals surface area contributed by atoms with E-state index in [9.17, 15) is 23.2 Å². The van der Waals surface area contributed by atoms with Crippen LogP contribution in [0.1, 0.15) is 28.3 Å². The fourth-order valence-electron chi connectivity index (χ4n) is 2.70. The molecule has 1 aliphatic rings. The zero-order valence-corrected chi connectivity index (χ0v) is 12.8. The Morgan fingerprint density at radius 1 is 1.16 bits per heavy atom. The van der Waals surface area contributed by atoms with Crippen molar-refractivity contribution >= 4 is 29.1 Å². The molecule has 4 N–H and O–H groups in total. The molecular formula is C17H13F2N3O3. The third kappa shape index (κ3) is 3.18. The van der Waals surface area contributed by atoms with Gasteiger partial charge in [-0.05, 0) is 17.7 Å². The van der Waals surface area contributed by atoms with Crippen LogP contribution in [0.3, 0.4) is 0 Å². The lowest BCUT2D eigenvalue weighted by Gasteiger charge is -2.24. The molecule has 6 nitrogen and oxygen atoms in total. The molecule has 2 aromatic carbocycles. The van der Waals surface area contributed by atoms with Crippen molar-refractivity contribution in [1.29, 1.82) is 0 Å². The van der Waals surface area contributed by atoms with Crippen LogP contribution in [0.4, 0.5) is 20.2 Å². The number of hydrogen-bond donors (Lipinski definition) is 3. The second kappa shape index (κ2) is 6.31. The van der Waals surface area contributed by atoms with Crippen molar-refractivity contribution in [2.24, 2.45) is 5.73 Å². The summed E-state index contributed by atoms with van der Waals surface area (Å²) in [5.74, 6) is -5.10. The van der Waals surface area contributed by atoms with Crippen LogP contribution >= 0.6 is 0 Å². The Morgan fingerprint density at radius 2 is 1.88 bits per heavy atom. The van der Waals surface area contributed by atoms with Gasteiger partial charge in [0.2, 0.25) is 11.8 Å². The van der Waals surface area contributed by atoms with Gasteiger partial charge in [0.25, 0.3) is 5.91 Å². The molecule has 0 spiro atoms. The van der Waals surface area contributed by atoms with Gasteiger partial charge >= 0.3 is 0 Å². The van der Waals surface area contributed by atoms with Gasteiger partial charge in [0, 0.05) is 18.2 Å². The summed E-state index contributed by atoms with van der Waals surface area (Å²) in [7, 11) is 0. The Labute approximate surface area is 141 Å². The molecule has 0 bridgehead atoms. The van der Waals surface area contributed by atoms with Gasteiger partial charge in [-0.1, -0.05) is 18.2 Å². The number of hydrogen-bond acceptors (Lipinski definition) is 3. The van der Waals surface area contributed by atoms with Gasteiger partial charge in [-0.15, -0.1) is 0 Å². The molecular weight excluding hydrogens is 332 g/mol. The van der Waals surface area contributed by atoms with Crippen LogP contribution in [-0.4, -0.2) is 17.7 Å². The number of carbonyl (C=O) groups excluding carboxylic acids is 3. The smallest absolute Gasteiger partial charge is 0.251 e. The van der Waals surface area contributed by atoms with Crippen LogP contribution in [0.5, 0.6) is 0 Å². The lowest BCUT2D eigenvalue weighted by atomic mass is 9.89. The van der Waals surface area contributed by atoms with Crippen LogP contribution in [0, 0.1) is 11.6 Å². The van der Waals surface area contributed by atoms with Crippen LogP contribution in [0.25, 0.3) is 0 Å². The van der Waals surface area contributed by atoms with Crippen molar-refractivity contribution in [2.45, 2.75) is 12.3 Å². The number of nitrogens with one attached hydrogen (secondary N) is 2. The molecule has 0 radical (unpaired) electrons. The average molecular weight is 345 g/mol. The first kappa shape index (κ1) is 16.6. The summed E-state index contributed by atoms with van der Waals surface area (Å²) in [6, 6.07) is 8.04. The number of fused-ring (bicyclic) bond motifs is 1. The minimum Gasteiger partial charge on any atom is -0.366 e. The fourth-order valence-corrected chi connectivity index (χ4v) is 2.70. The van der Waals surface area contributed by atoms with Gasteiger partial charge in [-0.3, -0.25) is 14.4 Å². The van der Waals surface area contributed by atoms with E-state index in [1.165, 1.54) is 0 Å². The Bertz CT molecular complexity index is 899. The van der Waals surface area contributed by atoms with Gasteiger partial charge in [0.05, 0.1) is 17.2 Å². The average Bonchev–Trinajstić information content (AvgIpc) is 2.56. The summed E-state index contributed by atoms with van der Waals surface area (Å²) < 4.78 is 27.4. The minimum absolute atomic E-state index is 0.117. The molecule has 3 rings (SSSR count). The molecule has 1 atom stereocenters. The van der Waals surface area contributed by atoms with Gasteiger partial charge in [0.1, 0.15) is 11.6 Å². The Balaban J connectivity index is 1.92. The van der Waals surface area contributed by atoms with Gasteiger partial charge in [-0.25, -0.2) is 8.78 Å². The van der Waals surface area contributed by atoms with Gasteiger partial charge in [-0.2, -0.15) is 0 Å². The highest BCUT2D eigenvalue weighted by Crippen LogP contribution is 2.33. The molecule has 8 heteroatoms. The Morgan fingerprint density at radius 3 is 2.60 bits per heavy atom. The van der Waals surface area contributed by atoms with Gasteiger partial charge < -0.3 is 16.4 Å².